The third kappa shape index (κ3) is 1.69. The predicted octanol–water partition coefficient (Wildman–Crippen LogP) is 1.24. The van der Waals surface area contributed by atoms with Crippen molar-refractivity contribution in [2.24, 2.45) is 12.8 Å². The number of carbonyl (C=O) groups excluding carboxylic acids is 2. The Bertz CT molecular complexity index is 569. The van der Waals surface area contributed by atoms with Gasteiger partial charge in [-0.1, -0.05) is 18.2 Å². The molecule has 16 heavy (non-hydrogen) atoms. The monoisotopic (exact) mass is 216 g/mol. The molecule has 0 bridgehead atoms. The summed E-state index contributed by atoms with van der Waals surface area (Å²) in [6.45, 7) is 0. The third-order valence-electron chi connectivity index (χ3n) is 2.53. The van der Waals surface area contributed by atoms with Crippen molar-refractivity contribution in [3.05, 3.63) is 36.0 Å². The molecule has 0 atom stereocenters. The Morgan fingerprint density at radius 1 is 1.31 bits per heavy atom. The highest BCUT2D eigenvalue weighted by atomic mass is 16.2. The van der Waals surface area contributed by atoms with E-state index in [1.165, 1.54) is 0 Å². The van der Waals surface area contributed by atoms with Crippen LogP contribution in [0.2, 0.25) is 0 Å². The maximum atomic E-state index is 11.8. The Labute approximate surface area is 92.7 Å². The highest BCUT2D eigenvalue weighted by molar-refractivity contribution is 6.13. The molecule has 2 aromatic rings. The fourth-order valence-electron chi connectivity index (χ4n) is 1.82. The van der Waals surface area contributed by atoms with Crippen molar-refractivity contribution >= 4 is 22.6 Å². The summed E-state index contributed by atoms with van der Waals surface area (Å²) in [5, 5.41) is 0.858. The lowest BCUT2D eigenvalue weighted by atomic mass is 10.1. The Kier molecular flexibility index (Phi) is 2.48. The molecule has 0 fully saturated rings. The first kappa shape index (κ1) is 10.4. The van der Waals surface area contributed by atoms with Gasteiger partial charge < -0.3 is 10.3 Å². The summed E-state index contributed by atoms with van der Waals surface area (Å²) in [6, 6.07) is 7.56. The minimum atomic E-state index is -0.599. The number of benzene rings is 1. The van der Waals surface area contributed by atoms with E-state index in [1.54, 1.807) is 6.20 Å². The van der Waals surface area contributed by atoms with Crippen LogP contribution in [0.3, 0.4) is 0 Å². The molecule has 0 saturated carbocycles. The number of nitrogens with zero attached hydrogens (tertiary/aromatic N) is 1. The summed E-state index contributed by atoms with van der Waals surface area (Å²) in [5.41, 5.74) is 6.54. The number of rotatable bonds is 3. The average molecular weight is 216 g/mol. The van der Waals surface area contributed by atoms with Crippen LogP contribution in [0.4, 0.5) is 0 Å². The zero-order chi connectivity index (χ0) is 11.7. The van der Waals surface area contributed by atoms with Gasteiger partial charge in [-0.25, -0.2) is 0 Å². The van der Waals surface area contributed by atoms with Crippen LogP contribution >= 0.6 is 0 Å². The lowest BCUT2D eigenvalue weighted by Crippen LogP contribution is -2.16. The zero-order valence-corrected chi connectivity index (χ0v) is 8.93. The van der Waals surface area contributed by atoms with Gasteiger partial charge in [0.25, 0.3) is 0 Å². The van der Waals surface area contributed by atoms with Gasteiger partial charge in [0.05, 0.1) is 6.42 Å². The largest absolute Gasteiger partial charge is 0.369 e. The van der Waals surface area contributed by atoms with E-state index in [4.69, 9.17) is 5.73 Å². The third-order valence-corrected chi connectivity index (χ3v) is 2.53. The summed E-state index contributed by atoms with van der Waals surface area (Å²) >= 11 is 0. The van der Waals surface area contributed by atoms with E-state index in [2.05, 4.69) is 0 Å². The van der Waals surface area contributed by atoms with Gasteiger partial charge in [0.15, 0.2) is 5.78 Å². The van der Waals surface area contributed by atoms with Crippen LogP contribution in [0.1, 0.15) is 16.8 Å². The van der Waals surface area contributed by atoms with Crippen molar-refractivity contribution < 1.29 is 9.59 Å². The minimum absolute atomic E-state index is 0.232. The van der Waals surface area contributed by atoms with Crippen LogP contribution in [0.5, 0.6) is 0 Å². The molecule has 1 aromatic carbocycles. The van der Waals surface area contributed by atoms with E-state index >= 15 is 0 Å². The van der Waals surface area contributed by atoms with Crippen LogP contribution in [-0.2, 0) is 11.8 Å². The SMILES string of the molecule is Cn1cc(C(=O)CC(N)=O)c2ccccc21. The average Bonchev–Trinajstić information content (AvgIpc) is 2.56. The van der Waals surface area contributed by atoms with Crippen molar-refractivity contribution in [2.75, 3.05) is 0 Å². The molecule has 1 aromatic heterocycles. The number of primary amides is 1. The van der Waals surface area contributed by atoms with E-state index < -0.39 is 5.91 Å². The van der Waals surface area contributed by atoms with Gasteiger partial charge >= 0.3 is 0 Å². The van der Waals surface area contributed by atoms with E-state index in [0.717, 1.165) is 10.9 Å². The molecule has 0 unspecified atom stereocenters. The number of carbonyl (C=O) groups is 2. The highest BCUT2D eigenvalue weighted by Crippen LogP contribution is 2.21. The Morgan fingerprint density at radius 3 is 2.69 bits per heavy atom. The van der Waals surface area contributed by atoms with Crippen LogP contribution in [0.25, 0.3) is 10.9 Å². The number of hydrogen-bond donors (Lipinski definition) is 1. The van der Waals surface area contributed by atoms with E-state index in [9.17, 15) is 9.59 Å². The predicted molar refractivity (Wildman–Crippen MR) is 61.1 cm³/mol. The molecule has 4 heteroatoms. The number of amides is 1. The Balaban J connectivity index is 2.53. The molecule has 4 nitrogen and oxygen atoms in total. The molecule has 0 radical (unpaired) electrons. The van der Waals surface area contributed by atoms with Crippen LogP contribution in [-0.4, -0.2) is 16.3 Å². The first-order chi connectivity index (χ1) is 7.59. The first-order valence-electron chi connectivity index (χ1n) is 4.95. The maximum absolute atomic E-state index is 11.8. The smallest absolute Gasteiger partial charge is 0.225 e. The van der Waals surface area contributed by atoms with Gasteiger partial charge in [0.1, 0.15) is 0 Å². The number of fused-ring (bicyclic) bond motifs is 1. The quantitative estimate of drug-likeness (QED) is 0.619. The number of ketones is 1. The molecule has 0 aliphatic heterocycles. The Hall–Kier alpha value is -2.10. The van der Waals surface area contributed by atoms with Gasteiger partial charge in [-0.15, -0.1) is 0 Å². The second-order valence-corrected chi connectivity index (χ2v) is 3.74. The zero-order valence-electron chi connectivity index (χ0n) is 8.93. The first-order valence-corrected chi connectivity index (χ1v) is 4.95. The Morgan fingerprint density at radius 2 is 2.00 bits per heavy atom. The molecule has 82 valence electrons. The van der Waals surface area contributed by atoms with E-state index in [1.807, 2.05) is 35.9 Å². The van der Waals surface area contributed by atoms with Gasteiger partial charge in [-0.3, -0.25) is 9.59 Å². The number of para-hydroxylation sites is 1. The molecule has 2 N–H and O–H groups in total. The summed E-state index contributed by atoms with van der Waals surface area (Å²) in [5.74, 6) is -0.831. The molecule has 1 amide bonds. The summed E-state index contributed by atoms with van der Waals surface area (Å²) < 4.78 is 1.86. The van der Waals surface area contributed by atoms with Gasteiger partial charge in [-0.2, -0.15) is 0 Å². The molecule has 2 rings (SSSR count). The summed E-state index contributed by atoms with van der Waals surface area (Å²) in [7, 11) is 1.86. The number of aromatic nitrogens is 1. The standard InChI is InChI=1S/C12H12N2O2/c1-14-7-9(11(15)6-12(13)16)8-4-2-3-5-10(8)14/h2-5,7H,6H2,1H3,(H2,13,16). The molecule has 0 aliphatic rings. The van der Waals surface area contributed by atoms with Crippen molar-refractivity contribution in [2.45, 2.75) is 6.42 Å². The van der Waals surface area contributed by atoms with Crippen molar-refractivity contribution in [1.82, 2.24) is 4.57 Å². The number of nitrogens with two attached hydrogens (primary N) is 1. The molecule has 0 aliphatic carbocycles. The minimum Gasteiger partial charge on any atom is -0.369 e. The summed E-state index contributed by atoms with van der Waals surface area (Å²) in [6.07, 6.45) is 1.49. The van der Waals surface area contributed by atoms with Crippen molar-refractivity contribution in [3.63, 3.8) is 0 Å². The second-order valence-electron chi connectivity index (χ2n) is 3.74. The normalized spacial score (nSPS) is 10.6. The fraction of sp³-hybridized carbons (Fsp3) is 0.167. The lowest BCUT2D eigenvalue weighted by molar-refractivity contribution is -0.117. The van der Waals surface area contributed by atoms with Crippen LogP contribution < -0.4 is 5.73 Å². The molecule has 1 heterocycles. The molecule has 0 spiro atoms. The molecular weight excluding hydrogens is 204 g/mol. The molecule has 0 saturated heterocycles. The van der Waals surface area contributed by atoms with Crippen molar-refractivity contribution in [1.29, 1.82) is 0 Å². The maximum Gasteiger partial charge on any atom is 0.225 e. The molecular formula is C12H12N2O2. The van der Waals surface area contributed by atoms with Gasteiger partial charge in [-0.05, 0) is 6.07 Å². The van der Waals surface area contributed by atoms with Crippen molar-refractivity contribution in [3.8, 4) is 0 Å². The second kappa shape index (κ2) is 3.81. The number of hydrogen-bond acceptors (Lipinski definition) is 2. The van der Waals surface area contributed by atoms with Gasteiger partial charge in [0, 0.05) is 29.7 Å². The van der Waals surface area contributed by atoms with E-state index in [-0.39, 0.29) is 12.2 Å². The van der Waals surface area contributed by atoms with Crippen LogP contribution in [0.15, 0.2) is 30.5 Å². The number of Topliss-reactive ketones (excluding diaryl/α,β-unsaturated/α-hetero) is 1. The van der Waals surface area contributed by atoms with Crippen LogP contribution in [0, 0.1) is 0 Å². The van der Waals surface area contributed by atoms with E-state index in [0.29, 0.717) is 5.56 Å². The fourth-order valence-corrected chi connectivity index (χ4v) is 1.82. The number of aryl methyl sites for hydroxylation is 1. The van der Waals surface area contributed by atoms with Gasteiger partial charge in [0.2, 0.25) is 5.91 Å². The topological polar surface area (TPSA) is 65.1 Å². The summed E-state index contributed by atoms with van der Waals surface area (Å²) in [4.78, 5) is 22.5. The highest BCUT2D eigenvalue weighted by Gasteiger charge is 2.15. The lowest BCUT2D eigenvalue weighted by Gasteiger charge is -1.95.